The first kappa shape index (κ1) is 15.4. The van der Waals surface area contributed by atoms with Gasteiger partial charge in [-0.25, -0.2) is 0 Å². The largest absolute Gasteiger partial charge is 0.377 e. The Morgan fingerprint density at radius 1 is 1.39 bits per heavy atom. The average molecular weight is 257 g/mol. The lowest BCUT2D eigenvalue weighted by molar-refractivity contribution is -0.132. The van der Waals surface area contributed by atoms with Gasteiger partial charge in [-0.3, -0.25) is 9.69 Å². The lowest BCUT2D eigenvalue weighted by atomic mass is 10.3. The van der Waals surface area contributed by atoms with Crippen LogP contribution >= 0.6 is 0 Å². The Bertz CT molecular complexity index is 238. The van der Waals surface area contributed by atoms with Gasteiger partial charge in [-0.15, -0.1) is 0 Å². The summed E-state index contributed by atoms with van der Waals surface area (Å²) >= 11 is 0. The van der Waals surface area contributed by atoms with E-state index in [0.717, 1.165) is 32.6 Å². The normalized spacial score (nSPS) is 17.8. The number of hydrogen-bond acceptors (Lipinski definition) is 4. The van der Waals surface area contributed by atoms with Crippen LogP contribution in [0.2, 0.25) is 0 Å². The third kappa shape index (κ3) is 6.33. The molecule has 0 aromatic carbocycles. The van der Waals surface area contributed by atoms with Crippen molar-refractivity contribution in [2.45, 2.75) is 26.4 Å². The molecule has 1 rings (SSSR count). The van der Waals surface area contributed by atoms with Crippen molar-refractivity contribution in [3.63, 3.8) is 0 Å². The number of carbonyl (C=O) groups excluding carboxylic acids is 1. The predicted molar refractivity (Wildman–Crippen MR) is 72.7 cm³/mol. The van der Waals surface area contributed by atoms with Crippen LogP contribution < -0.4 is 5.32 Å². The SMILES string of the molecule is CC(C)OCCN(C)C(=O)CN1CCCNCC1. The summed E-state index contributed by atoms with van der Waals surface area (Å²) in [4.78, 5) is 16.0. The van der Waals surface area contributed by atoms with Gasteiger partial charge in [0.2, 0.25) is 5.91 Å². The molecule has 1 N–H and O–H groups in total. The zero-order valence-corrected chi connectivity index (χ0v) is 11.9. The van der Waals surface area contributed by atoms with Crippen molar-refractivity contribution >= 4 is 5.91 Å². The topological polar surface area (TPSA) is 44.8 Å². The predicted octanol–water partition coefficient (Wildman–Crippen LogP) is 0.165. The van der Waals surface area contributed by atoms with Crippen LogP contribution in [0.5, 0.6) is 0 Å². The van der Waals surface area contributed by atoms with E-state index in [2.05, 4.69) is 10.2 Å². The van der Waals surface area contributed by atoms with E-state index in [-0.39, 0.29) is 12.0 Å². The van der Waals surface area contributed by atoms with Crippen LogP contribution in [-0.2, 0) is 9.53 Å². The second kappa shape index (κ2) is 8.45. The second-order valence-electron chi connectivity index (χ2n) is 5.11. The van der Waals surface area contributed by atoms with Crippen LogP contribution in [0.15, 0.2) is 0 Å². The average Bonchev–Trinajstić information content (AvgIpc) is 2.57. The van der Waals surface area contributed by atoms with Crippen LogP contribution in [-0.4, -0.2) is 74.7 Å². The molecule has 1 heterocycles. The summed E-state index contributed by atoms with van der Waals surface area (Å²) in [7, 11) is 1.85. The number of rotatable bonds is 6. The van der Waals surface area contributed by atoms with Crippen molar-refractivity contribution in [3.8, 4) is 0 Å². The molecule has 1 aliphatic rings. The van der Waals surface area contributed by atoms with Crippen LogP contribution in [0, 0.1) is 0 Å². The molecule has 1 fully saturated rings. The fourth-order valence-electron chi connectivity index (χ4n) is 1.92. The second-order valence-corrected chi connectivity index (χ2v) is 5.11. The van der Waals surface area contributed by atoms with Crippen molar-refractivity contribution in [1.29, 1.82) is 0 Å². The minimum atomic E-state index is 0.184. The number of nitrogens with zero attached hydrogens (tertiary/aromatic N) is 2. The number of nitrogens with one attached hydrogen (secondary N) is 1. The molecule has 0 aromatic rings. The van der Waals surface area contributed by atoms with Crippen LogP contribution in [0.4, 0.5) is 0 Å². The molecule has 5 heteroatoms. The Morgan fingerprint density at radius 2 is 2.17 bits per heavy atom. The van der Waals surface area contributed by atoms with E-state index in [9.17, 15) is 4.79 Å². The summed E-state index contributed by atoms with van der Waals surface area (Å²) in [5, 5.41) is 3.34. The van der Waals surface area contributed by atoms with E-state index < -0.39 is 0 Å². The van der Waals surface area contributed by atoms with Crippen LogP contribution in [0.1, 0.15) is 20.3 Å². The zero-order valence-electron chi connectivity index (χ0n) is 11.9. The molecule has 0 bridgehead atoms. The highest BCUT2D eigenvalue weighted by molar-refractivity contribution is 5.77. The highest BCUT2D eigenvalue weighted by Crippen LogP contribution is 1.97. The fourth-order valence-corrected chi connectivity index (χ4v) is 1.92. The number of ether oxygens (including phenoxy) is 1. The van der Waals surface area contributed by atoms with Gasteiger partial charge in [-0.05, 0) is 33.4 Å². The third-order valence-corrected chi connectivity index (χ3v) is 3.10. The van der Waals surface area contributed by atoms with E-state index in [1.807, 2.05) is 20.9 Å². The first-order chi connectivity index (χ1) is 8.59. The molecule has 0 aliphatic carbocycles. The molecular formula is C13H27N3O2. The van der Waals surface area contributed by atoms with Gasteiger partial charge in [0, 0.05) is 26.7 Å². The maximum atomic E-state index is 12.0. The summed E-state index contributed by atoms with van der Waals surface area (Å²) in [6, 6.07) is 0. The van der Waals surface area contributed by atoms with Gasteiger partial charge in [-0.1, -0.05) is 0 Å². The quantitative estimate of drug-likeness (QED) is 0.736. The van der Waals surface area contributed by atoms with Gasteiger partial charge in [0.05, 0.1) is 19.3 Å². The minimum Gasteiger partial charge on any atom is -0.377 e. The molecule has 1 saturated heterocycles. The molecule has 0 spiro atoms. The third-order valence-electron chi connectivity index (χ3n) is 3.10. The van der Waals surface area contributed by atoms with Crippen molar-refractivity contribution in [3.05, 3.63) is 0 Å². The van der Waals surface area contributed by atoms with E-state index in [4.69, 9.17) is 4.74 Å². The summed E-state index contributed by atoms with van der Waals surface area (Å²) in [6.45, 7) is 9.83. The maximum Gasteiger partial charge on any atom is 0.236 e. The van der Waals surface area contributed by atoms with Crippen LogP contribution in [0.3, 0.4) is 0 Å². The van der Waals surface area contributed by atoms with E-state index in [0.29, 0.717) is 19.7 Å². The first-order valence-corrected chi connectivity index (χ1v) is 6.88. The molecule has 1 amide bonds. The zero-order chi connectivity index (χ0) is 13.4. The molecule has 0 atom stereocenters. The van der Waals surface area contributed by atoms with E-state index >= 15 is 0 Å². The number of carbonyl (C=O) groups is 1. The summed E-state index contributed by atoms with van der Waals surface area (Å²) in [6.07, 6.45) is 1.35. The lowest BCUT2D eigenvalue weighted by Crippen LogP contribution is -2.41. The van der Waals surface area contributed by atoms with Crippen molar-refractivity contribution in [1.82, 2.24) is 15.1 Å². The molecule has 18 heavy (non-hydrogen) atoms. The Labute approximate surface area is 110 Å². The lowest BCUT2D eigenvalue weighted by Gasteiger charge is -2.23. The number of likely N-dealkylation sites (N-methyl/N-ethyl adjacent to an activating group) is 1. The molecule has 0 saturated carbocycles. The molecule has 1 aliphatic heterocycles. The van der Waals surface area contributed by atoms with E-state index in [1.54, 1.807) is 4.90 Å². The fraction of sp³-hybridized carbons (Fsp3) is 0.923. The van der Waals surface area contributed by atoms with Gasteiger partial charge in [0.15, 0.2) is 0 Å². The molecular weight excluding hydrogens is 230 g/mol. The van der Waals surface area contributed by atoms with E-state index in [1.165, 1.54) is 0 Å². The minimum absolute atomic E-state index is 0.184. The van der Waals surface area contributed by atoms with Gasteiger partial charge < -0.3 is 15.0 Å². The Morgan fingerprint density at radius 3 is 2.89 bits per heavy atom. The summed E-state index contributed by atoms with van der Waals surface area (Å²) in [5.41, 5.74) is 0. The monoisotopic (exact) mass is 257 g/mol. The Balaban J connectivity index is 2.21. The van der Waals surface area contributed by atoms with Gasteiger partial charge in [0.1, 0.15) is 0 Å². The van der Waals surface area contributed by atoms with Gasteiger partial charge in [-0.2, -0.15) is 0 Å². The Hall–Kier alpha value is -0.650. The van der Waals surface area contributed by atoms with Crippen molar-refractivity contribution in [2.24, 2.45) is 0 Å². The molecule has 106 valence electrons. The summed E-state index contributed by atoms with van der Waals surface area (Å²) < 4.78 is 5.46. The molecule has 5 nitrogen and oxygen atoms in total. The van der Waals surface area contributed by atoms with Crippen molar-refractivity contribution < 1.29 is 9.53 Å². The number of hydrogen-bond donors (Lipinski definition) is 1. The molecule has 0 unspecified atom stereocenters. The highest BCUT2D eigenvalue weighted by atomic mass is 16.5. The van der Waals surface area contributed by atoms with Crippen molar-refractivity contribution in [2.75, 3.05) is 52.9 Å². The first-order valence-electron chi connectivity index (χ1n) is 6.88. The van der Waals surface area contributed by atoms with Gasteiger partial charge >= 0.3 is 0 Å². The molecule has 0 radical (unpaired) electrons. The Kier molecular flexibility index (Phi) is 7.23. The highest BCUT2D eigenvalue weighted by Gasteiger charge is 2.15. The van der Waals surface area contributed by atoms with Gasteiger partial charge in [0.25, 0.3) is 0 Å². The van der Waals surface area contributed by atoms with Crippen LogP contribution in [0.25, 0.3) is 0 Å². The summed E-state index contributed by atoms with van der Waals surface area (Å²) in [5.74, 6) is 0.184. The molecule has 0 aromatic heterocycles. The standard InChI is InChI=1S/C13H27N3O2/c1-12(2)18-10-9-15(3)13(17)11-16-7-4-5-14-6-8-16/h12,14H,4-11H2,1-3H3. The smallest absolute Gasteiger partial charge is 0.236 e. The number of amides is 1. The maximum absolute atomic E-state index is 12.0.